The van der Waals surface area contributed by atoms with Gasteiger partial charge in [0.1, 0.15) is 6.10 Å². The van der Waals surface area contributed by atoms with E-state index in [4.69, 9.17) is 4.74 Å². The van der Waals surface area contributed by atoms with Gasteiger partial charge in [-0.15, -0.1) is 0 Å². The molecule has 28 heavy (non-hydrogen) atoms. The average Bonchev–Trinajstić information content (AvgIpc) is 3.14. The monoisotopic (exact) mass is 381 g/mol. The van der Waals surface area contributed by atoms with E-state index in [0.717, 1.165) is 36.5 Å². The predicted octanol–water partition coefficient (Wildman–Crippen LogP) is 3.32. The van der Waals surface area contributed by atoms with Crippen molar-refractivity contribution in [3.8, 4) is 5.75 Å². The van der Waals surface area contributed by atoms with Gasteiger partial charge in [-0.25, -0.2) is 4.39 Å². The van der Waals surface area contributed by atoms with Crippen molar-refractivity contribution in [2.24, 2.45) is 0 Å². The predicted molar refractivity (Wildman–Crippen MR) is 104 cm³/mol. The summed E-state index contributed by atoms with van der Waals surface area (Å²) in [5.41, 5.74) is 3.90. The molecule has 146 valence electrons. The summed E-state index contributed by atoms with van der Waals surface area (Å²) in [6, 6.07) is 16.9. The van der Waals surface area contributed by atoms with Gasteiger partial charge >= 0.3 is 0 Å². The van der Waals surface area contributed by atoms with E-state index in [1.54, 1.807) is 12.1 Å². The molecule has 2 aromatic carbocycles. The summed E-state index contributed by atoms with van der Waals surface area (Å²) < 4.78 is 20.7. The van der Waals surface area contributed by atoms with E-state index in [1.165, 1.54) is 13.2 Å². The van der Waals surface area contributed by atoms with Crippen molar-refractivity contribution in [2.45, 2.75) is 32.2 Å². The number of nitrogens with zero attached hydrogens (tertiary/aromatic N) is 3. The Balaban J connectivity index is 1.43. The Kier molecular flexibility index (Phi) is 5.41. The molecule has 0 unspecified atom stereocenters. The Morgan fingerprint density at radius 1 is 1.11 bits per heavy atom. The second-order valence-corrected chi connectivity index (χ2v) is 7.17. The molecule has 0 aliphatic carbocycles. The van der Waals surface area contributed by atoms with Crippen molar-refractivity contribution in [2.75, 3.05) is 13.7 Å². The van der Waals surface area contributed by atoms with Gasteiger partial charge in [0.15, 0.2) is 11.6 Å². The number of hydrogen-bond donors (Lipinski definition) is 1. The van der Waals surface area contributed by atoms with Gasteiger partial charge < -0.3 is 9.84 Å². The highest BCUT2D eigenvalue weighted by molar-refractivity contribution is 5.30. The number of hydrogen-bond acceptors (Lipinski definition) is 4. The molecule has 1 atom stereocenters. The summed E-state index contributed by atoms with van der Waals surface area (Å²) in [6.45, 7) is 3.07. The van der Waals surface area contributed by atoms with E-state index >= 15 is 0 Å². The molecule has 0 radical (unpaired) electrons. The van der Waals surface area contributed by atoms with Crippen LogP contribution in [0.2, 0.25) is 0 Å². The highest BCUT2D eigenvalue weighted by Crippen LogP contribution is 2.24. The molecule has 5 nitrogen and oxygen atoms in total. The van der Waals surface area contributed by atoms with Gasteiger partial charge in [0.25, 0.3) is 0 Å². The van der Waals surface area contributed by atoms with Crippen molar-refractivity contribution < 1.29 is 14.2 Å². The molecule has 1 aromatic heterocycles. The smallest absolute Gasteiger partial charge is 0.165 e. The zero-order valence-corrected chi connectivity index (χ0v) is 15.9. The molecular weight excluding hydrogens is 357 g/mol. The van der Waals surface area contributed by atoms with Crippen LogP contribution < -0.4 is 4.74 Å². The number of ether oxygens (including phenoxy) is 1. The lowest BCUT2D eigenvalue weighted by atomic mass is 10.1. The molecule has 0 fully saturated rings. The van der Waals surface area contributed by atoms with Crippen molar-refractivity contribution in [3.05, 3.63) is 82.9 Å². The number of fused-ring (bicyclic) bond motifs is 1. The lowest BCUT2D eigenvalue weighted by Gasteiger charge is -2.27. The topological polar surface area (TPSA) is 50.5 Å². The highest BCUT2D eigenvalue weighted by atomic mass is 19.1. The SMILES string of the molecule is COc1cc(CN2CCn3nc([C@H](O)Cc4ccccc4)cc3C2)ccc1F. The first-order valence-electron chi connectivity index (χ1n) is 9.46. The molecule has 1 N–H and O–H groups in total. The zero-order chi connectivity index (χ0) is 19.5. The molecule has 3 aromatic rings. The Morgan fingerprint density at radius 3 is 2.71 bits per heavy atom. The van der Waals surface area contributed by atoms with Crippen LogP contribution in [0.25, 0.3) is 0 Å². The number of rotatable bonds is 6. The van der Waals surface area contributed by atoms with Gasteiger partial charge in [-0.3, -0.25) is 9.58 Å². The molecule has 1 aliphatic heterocycles. The third-order valence-corrected chi connectivity index (χ3v) is 5.13. The van der Waals surface area contributed by atoms with Crippen LogP contribution in [0.3, 0.4) is 0 Å². The van der Waals surface area contributed by atoms with Gasteiger partial charge in [0.2, 0.25) is 0 Å². The number of methoxy groups -OCH3 is 1. The third-order valence-electron chi connectivity index (χ3n) is 5.13. The van der Waals surface area contributed by atoms with E-state index in [-0.39, 0.29) is 11.6 Å². The minimum Gasteiger partial charge on any atom is -0.494 e. The second kappa shape index (κ2) is 8.12. The van der Waals surface area contributed by atoms with Crippen LogP contribution in [0.5, 0.6) is 5.75 Å². The fourth-order valence-corrected chi connectivity index (χ4v) is 3.64. The van der Waals surface area contributed by atoms with Crippen molar-refractivity contribution >= 4 is 0 Å². The van der Waals surface area contributed by atoms with Crippen LogP contribution in [0.15, 0.2) is 54.6 Å². The summed E-state index contributed by atoms with van der Waals surface area (Å²) in [7, 11) is 1.48. The van der Waals surface area contributed by atoms with Crippen LogP contribution >= 0.6 is 0 Å². The summed E-state index contributed by atoms with van der Waals surface area (Å²) in [5.74, 6) is -0.0779. The van der Waals surface area contributed by atoms with E-state index < -0.39 is 6.10 Å². The number of halogens is 1. The minimum atomic E-state index is -0.615. The first-order chi connectivity index (χ1) is 13.6. The van der Waals surface area contributed by atoms with E-state index in [2.05, 4.69) is 10.00 Å². The standard InChI is InChI=1S/C22H24FN3O2/c1-28-22-12-17(7-8-19(22)23)14-25-9-10-26-18(15-25)13-20(24-26)21(27)11-16-5-3-2-4-6-16/h2-8,12-13,21,27H,9-11,14-15H2,1H3/t21-/m1/s1. The van der Waals surface area contributed by atoms with Crippen LogP contribution in [0.1, 0.15) is 28.6 Å². The van der Waals surface area contributed by atoms with Gasteiger partial charge in [-0.05, 0) is 29.3 Å². The fourth-order valence-electron chi connectivity index (χ4n) is 3.64. The highest BCUT2D eigenvalue weighted by Gasteiger charge is 2.21. The molecule has 1 aliphatic rings. The van der Waals surface area contributed by atoms with Gasteiger partial charge in [0.05, 0.1) is 25.0 Å². The maximum absolute atomic E-state index is 13.6. The molecule has 0 bridgehead atoms. The van der Waals surface area contributed by atoms with Crippen LogP contribution in [0, 0.1) is 5.82 Å². The minimum absolute atomic E-state index is 0.269. The molecule has 2 heterocycles. The summed E-state index contributed by atoms with van der Waals surface area (Å²) >= 11 is 0. The first-order valence-corrected chi connectivity index (χ1v) is 9.46. The lowest BCUT2D eigenvalue weighted by Crippen LogP contribution is -2.33. The largest absolute Gasteiger partial charge is 0.494 e. The molecule has 0 amide bonds. The van der Waals surface area contributed by atoms with Gasteiger partial charge in [-0.2, -0.15) is 5.10 Å². The fraction of sp³-hybridized carbons (Fsp3) is 0.318. The van der Waals surface area contributed by atoms with E-state index in [9.17, 15) is 9.50 Å². The molecule has 4 rings (SSSR count). The Labute approximate surface area is 164 Å². The molecular formula is C22H24FN3O2. The number of aliphatic hydroxyl groups excluding tert-OH is 1. The maximum atomic E-state index is 13.6. The molecule has 0 saturated carbocycles. The van der Waals surface area contributed by atoms with Crippen LogP contribution in [0.4, 0.5) is 4.39 Å². The number of aliphatic hydroxyl groups is 1. The normalized spacial score (nSPS) is 15.2. The quantitative estimate of drug-likeness (QED) is 0.712. The van der Waals surface area contributed by atoms with Crippen molar-refractivity contribution in [1.82, 2.24) is 14.7 Å². The van der Waals surface area contributed by atoms with Gasteiger partial charge in [-0.1, -0.05) is 36.4 Å². The Hall–Kier alpha value is -2.70. The second-order valence-electron chi connectivity index (χ2n) is 7.17. The van der Waals surface area contributed by atoms with Crippen LogP contribution in [-0.2, 0) is 26.1 Å². The third kappa shape index (κ3) is 4.08. The van der Waals surface area contributed by atoms with E-state index in [1.807, 2.05) is 41.1 Å². The van der Waals surface area contributed by atoms with Gasteiger partial charge in [0, 0.05) is 26.1 Å². The number of benzene rings is 2. The molecule has 0 spiro atoms. The molecule has 0 saturated heterocycles. The first kappa shape index (κ1) is 18.7. The zero-order valence-electron chi connectivity index (χ0n) is 15.9. The van der Waals surface area contributed by atoms with Crippen LogP contribution in [-0.4, -0.2) is 33.4 Å². The summed E-state index contributed by atoms with van der Waals surface area (Å²) in [5, 5.41) is 15.2. The maximum Gasteiger partial charge on any atom is 0.165 e. The Morgan fingerprint density at radius 2 is 1.93 bits per heavy atom. The molecule has 6 heteroatoms. The lowest BCUT2D eigenvalue weighted by molar-refractivity contribution is 0.171. The summed E-state index contributed by atoms with van der Waals surface area (Å²) in [4.78, 5) is 2.29. The summed E-state index contributed by atoms with van der Waals surface area (Å²) in [6.07, 6.45) is -0.0635. The Bertz CT molecular complexity index is 942. The van der Waals surface area contributed by atoms with Crippen molar-refractivity contribution in [3.63, 3.8) is 0 Å². The number of aromatic nitrogens is 2. The average molecular weight is 381 g/mol. The van der Waals surface area contributed by atoms with E-state index in [0.29, 0.717) is 18.7 Å². The van der Waals surface area contributed by atoms with Crippen molar-refractivity contribution in [1.29, 1.82) is 0 Å².